The second-order valence-electron chi connectivity index (χ2n) is 13.0. The fourth-order valence-electron chi connectivity index (χ4n) is 7.68. The molecule has 49 heavy (non-hydrogen) atoms. The first-order valence-corrected chi connectivity index (χ1v) is 16.0. The van der Waals surface area contributed by atoms with Gasteiger partial charge in [0.15, 0.2) is 5.82 Å². The van der Waals surface area contributed by atoms with Gasteiger partial charge in [0, 0.05) is 56.7 Å². The maximum absolute atomic E-state index is 16.8. The Morgan fingerprint density at radius 1 is 1.20 bits per heavy atom. The van der Waals surface area contributed by atoms with E-state index in [4.69, 9.17) is 11.2 Å². The van der Waals surface area contributed by atoms with E-state index in [2.05, 4.69) is 27.5 Å². The molecule has 13 heteroatoms. The number of carbonyl (C=O) groups excluding carboxylic acids is 1. The van der Waals surface area contributed by atoms with E-state index in [0.29, 0.717) is 18.4 Å². The van der Waals surface area contributed by atoms with Crippen LogP contribution < -0.4 is 9.64 Å². The number of rotatable bonds is 8. The minimum absolute atomic E-state index is 0.0375. The Labute approximate surface area is 279 Å². The van der Waals surface area contributed by atoms with E-state index in [-0.39, 0.29) is 71.1 Å². The lowest BCUT2D eigenvalue weighted by molar-refractivity contribution is -0.130. The Bertz CT molecular complexity index is 2040. The number of fused-ring (bicyclic) bond motifs is 3. The molecule has 3 atom stereocenters. The Kier molecular flexibility index (Phi) is 8.17. The van der Waals surface area contributed by atoms with Crippen molar-refractivity contribution in [1.82, 2.24) is 24.8 Å². The van der Waals surface area contributed by atoms with Crippen LogP contribution >= 0.6 is 0 Å². The van der Waals surface area contributed by atoms with E-state index in [1.165, 1.54) is 30.3 Å². The molecule has 0 radical (unpaired) electrons. The molecule has 7 rings (SSSR count). The lowest BCUT2D eigenvalue weighted by Gasteiger charge is -2.32. The number of halogens is 5. The summed E-state index contributed by atoms with van der Waals surface area (Å²) in [4.78, 5) is 30.3. The van der Waals surface area contributed by atoms with Crippen LogP contribution in [0.2, 0.25) is 0 Å². The number of likely N-dealkylation sites (tertiary alicyclic amines) is 1. The number of aromatic nitrogens is 3. The van der Waals surface area contributed by atoms with E-state index in [0.717, 1.165) is 23.9 Å². The fourth-order valence-corrected chi connectivity index (χ4v) is 7.68. The van der Waals surface area contributed by atoms with Crippen LogP contribution in [0.5, 0.6) is 6.01 Å². The number of benzene rings is 2. The molecule has 2 aromatic carbocycles. The highest BCUT2D eigenvalue weighted by molar-refractivity contribution is 6.02. The van der Waals surface area contributed by atoms with Crippen molar-refractivity contribution in [2.75, 3.05) is 44.7 Å². The Balaban J connectivity index is 1.35. The van der Waals surface area contributed by atoms with E-state index in [1.54, 1.807) is 18.2 Å². The lowest BCUT2D eigenvalue weighted by atomic mass is 9.95. The third-order valence-electron chi connectivity index (χ3n) is 10.1. The maximum atomic E-state index is 16.8. The van der Waals surface area contributed by atoms with Gasteiger partial charge < -0.3 is 14.5 Å². The molecule has 3 aliphatic heterocycles. The van der Waals surface area contributed by atoms with Crippen molar-refractivity contribution >= 4 is 33.4 Å². The number of terminal acetylenes is 1. The van der Waals surface area contributed by atoms with Gasteiger partial charge in [-0.15, -0.1) is 6.42 Å². The van der Waals surface area contributed by atoms with Gasteiger partial charge in [-0.1, -0.05) is 36.8 Å². The van der Waals surface area contributed by atoms with Gasteiger partial charge >= 0.3 is 6.01 Å². The van der Waals surface area contributed by atoms with Crippen molar-refractivity contribution in [2.45, 2.75) is 49.4 Å². The minimum Gasteiger partial charge on any atom is -0.461 e. The SMILES string of the molecule is C#Cc1c(F)ccc2cccc(-c3ncc4c(N(C)C[C@H]5N(C(=O)C=C)CCC5(F)F)nc(OC[C@@]56CCCN5C[C@H](F)C6)nc4c3F)c12. The molecule has 2 aromatic heterocycles. The predicted molar refractivity (Wildman–Crippen MR) is 175 cm³/mol. The van der Waals surface area contributed by atoms with Crippen molar-refractivity contribution in [1.29, 1.82) is 0 Å². The highest BCUT2D eigenvalue weighted by Gasteiger charge is 2.51. The molecule has 254 valence electrons. The minimum atomic E-state index is -3.21. The van der Waals surface area contributed by atoms with Crippen molar-refractivity contribution in [2.24, 2.45) is 0 Å². The van der Waals surface area contributed by atoms with Crippen molar-refractivity contribution in [3.05, 3.63) is 66.4 Å². The first-order chi connectivity index (χ1) is 23.5. The summed E-state index contributed by atoms with van der Waals surface area (Å²) in [5.74, 6) is -2.99. The van der Waals surface area contributed by atoms with E-state index < -0.39 is 47.6 Å². The van der Waals surface area contributed by atoms with Gasteiger partial charge in [0.2, 0.25) is 5.91 Å². The van der Waals surface area contributed by atoms with Crippen LogP contribution in [0.25, 0.3) is 32.9 Å². The molecule has 5 heterocycles. The van der Waals surface area contributed by atoms with Crippen molar-refractivity contribution in [3.63, 3.8) is 0 Å². The molecule has 3 aliphatic rings. The topological polar surface area (TPSA) is 74.7 Å². The van der Waals surface area contributed by atoms with Crippen LogP contribution in [0, 0.1) is 24.0 Å². The summed E-state index contributed by atoms with van der Waals surface area (Å²) in [6.07, 6.45) is 8.28. The molecule has 0 bridgehead atoms. The first kappa shape index (κ1) is 32.7. The molecule has 3 saturated heterocycles. The highest BCUT2D eigenvalue weighted by atomic mass is 19.3. The number of anilines is 1. The van der Waals surface area contributed by atoms with E-state index >= 15 is 13.2 Å². The monoisotopic (exact) mass is 676 g/mol. The van der Waals surface area contributed by atoms with Gasteiger partial charge in [-0.2, -0.15) is 9.97 Å². The molecule has 0 spiro atoms. The second kappa shape index (κ2) is 12.2. The molecule has 3 fully saturated rings. The molecule has 0 N–H and O–H groups in total. The third-order valence-corrected chi connectivity index (χ3v) is 10.1. The summed E-state index contributed by atoms with van der Waals surface area (Å²) in [6.45, 7) is 3.97. The first-order valence-electron chi connectivity index (χ1n) is 16.0. The Morgan fingerprint density at radius 3 is 2.80 bits per heavy atom. The maximum Gasteiger partial charge on any atom is 0.319 e. The van der Waals surface area contributed by atoms with Crippen molar-refractivity contribution < 1.29 is 31.5 Å². The zero-order valence-electron chi connectivity index (χ0n) is 26.7. The number of nitrogens with zero attached hydrogens (tertiary/aromatic N) is 6. The van der Waals surface area contributed by atoms with Crippen LogP contribution in [0.15, 0.2) is 49.2 Å². The second-order valence-corrected chi connectivity index (χ2v) is 13.0. The quantitative estimate of drug-likeness (QED) is 0.130. The summed E-state index contributed by atoms with van der Waals surface area (Å²) in [5.41, 5.74) is -0.784. The smallest absolute Gasteiger partial charge is 0.319 e. The van der Waals surface area contributed by atoms with Crippen LogP contribution in [-0.4, -0.2) is 94.2 Å². The summed E-state index contributed by atoms with van der Waals surface area (Å²) in [5, 5.41) is 0.948. The number of carbonyl (C=O) groups is 1. The summed E-state index contributed by atoms with van der Waals surface area (Å²) >= 11 is 0. The summed E-state index contributed by atoms with van der Waals surface area (Å²) < 4.78 is 82.4. The van der Waals surface area contributed by atoms with Gasteiger partial charge in [0.1, 0.15) is 41.7 Å². The molecular formula is C36H33F5N6O2. The number of amides is 1. The van der Waals surface area contributed by atoms with Gasteiger partial charge in [0.05, 0.1) is 16.5 Å². The number of hydrogen-bond donors (Lipinski definition) is 0. The Hall–Kier alpha value is -4.83. The molecular weight excluding hydrogens is 643 g/mol. The highest BCUT2D eigenvalue weighted by Crippen LogP contribution is 2.42. The van der Waals surface area contributed by atoms with Gasteiger partial charge in [-0.05, 0) is 36.9 Å². The largest absolute Gasteiger partial charge is 0.461 e. The molecule has 0 saturated carbocycles. The van der Waals surface area contributed by atoms with E-state index in [9.17, 15) is 13.6 Å². The van der Waals surface area contributed by atoms with Crippen molar-refractivity contribution in [3.8, 4) is 29.6 Å². The number of pyridine rings is 1. The number of likely N-dealkylation sites (N-methyl/N-ethyl adjacent to an activating group) is 1. The average molecular weight is 677 g/mol. The Morgan fingerprint density at radius 2 is 2.02 bits per heavy atom. The zero-order valence-corrected chi connectivity index (χ0v) is 26.7. The standard InChI is InChI=1S/C36H33F5N6O2/c1-4-23-26(38)11-10-21-8-6-9-24(29(21)23)31-30(39)32-25(17-42-31)33(45(3)19-27-36(40,41)13-15-47(27)28(48)5-2)44-34(43-32)49-20-35-12-7-14-46(35)18-22(37)16-35/h1,5-6,8-11,17,22,27H,2,7,12-16,18-20H2,3H3/t22-,27-,35+/m1/s1. The summed E-state index contributed by atoms with van der Waals surface area (Å²) in [6, 6.07) is 5.97. The van der Waals surface area contributed by atoms with Gasteiger partial charge in [0.25, 0.3) is 5.92 Å². The zero-order chi connectivity index (χ0) is 34.7. The molecule has 0 unspecified atom stereocenters. The van der Waals surface area contributed by atoms with Crippen LogP contribution in [0.4, 0.5) is 27.8 Å². The normalized spacial score (nSPS) is 23.2. The summed E-state index contributed by atoms with van der Waals surface area (Å²) in [7, 11) is 1.50. The predicted octanol–water partition coefficient (Wildman–Crippen LogP) is 5.92. The molecule has 4 aromatic rings. The molecule has 1 amide bonds. The number of hydrogen-bond acceptors (Lipinski definition) is 7. The molecule has 0 aliphatic carbocycles. The van der Waals surface area contributed by atoms with Crippen LogP contribution in [0.3, 0.4) is 0 Å². The average Bonchev–Trinajstić information content (AvgIpc) is 3.71. The van der Waals surface area contributed by atoms with Crippen LogP contribution in [0.1, 0.15) is 31.2 Å². The van der Waals surface area contributed by atoms with Gasteiger partial charge in [-0.3, -0.25) is 14.7 Å². The van der Waals surface area contributed by atoms with Gasteiger partial charge in [-0.25, -0.2) is 22.0 Å². The number of ether oxygens (including phenoxy) is 1. The number of alkyl halides is 3. The third kappa shape index (κ3) is 5.52. The van der Waals surface area contributed by atoms with Crippen LogP contribution in [-0.2, 0) is 4.79 Å². The molecule has 8 nitrogen and oxygen atoms in total. The fraction of sp³-hybridized carbons (Fsp3) is 0.389. The van der Waals surface area contributed by atoms with E-state index in [1.807, 2.05) is 4.90 Å². The lowest BCUT2D eigenvalue weighted by Crippen LogP contribution is -2.48.